The Labute approximate surface area is 160 Å². The van der Waals surface area contributed by atoms with Crippen molar-refractivity contribution in [2.45, 2.75) is 78.1 Å². The average Bonchev–Trinajstić information content (AvgIpc) is 2.64. The first kappa shape index (κ1) is 22.3. The number of nitrogens with one attached hydrogen (secondary N) is 1. The predicted molar refractivity (Wildman–Crippen MR) is 111 cm³/mol. The lowest BCUT2D eigenvalue weighted by atomic mass is 9.76. The molecule has 0 bridgehead atoms. The second kappa shape index (κ2) is 9.80. The highest BCUT2D eigenvalue weighted by Gasteiger charge is 2.26. The Bertz CT molecular complexity index is 602. The Morgan fingerprint density at radius 2 is 1.77 bits per heavy atom. The number of benzene rings is 1. The maximum absolute atomic E-state index is 11.1. The summed E-state index contributed by atoms with van der Waals surface area (Å²) < 4.78 is 6.13. The number of rotatable bonds is 11. The van der Waals surface area contributed by atoms with Crippen LogP contribution in [-0.2, 0) is 15.6 Å². The maximum Gasteiger partial charge on any atom is 0.243 e. The standard InChI is InChI=1S/C23H37NO2/c1-8-21(25)24-15-11-12-16-26-20-14-13-18(22(4,5)9-2)17-19(20)23(6,7)10-3/h8,13-14,17H,1,9-12,15-16H2,2-7H3,(H,24,25). The summed E-state index contributed by atoms with van der Waals surface area (Å²) >= 11 is 0. The quantitative estimate of drug-likeness (QED) is 0.417. The lowest BCUT2D eigenvalue weighted by Crippen LogP contribution is -2.22. The van der Waals surface area contributed by atoms with Gasteiger partial charge >= 0.3 is 0 Å². The van der Waals surface area contributed by atoms with Gasteiger partial charge in [-0.1, -0.05) is 60.3 Å². The summed E-state index contributed by atoms with van der Waals surface area (Å²) in [4.78, 5) is 11.1. The third kappa shape index (κ3) is 6.19. The molecule has 0 atom stereocenters. The van der Waals surface area contributed by atoms with Crippen molar-refractivity contribution in [3.8, 4) is 5.75 Å². The molecule has 0 saturated heterocycles. The van der Waals surface area contributed by atoms with Crippen LogP contribution >= 0.6 is 0 Å². The minimum Gasteiger partial charge on any atom is -0.493 e. The number of hydrogen-bond acceptors (Lipinski definition) is 2. The summed E-state index contributed by atoms with van der Waals surface area (Å²) in [5.41, 5.74) is 2.91. The Morgan fingerprint density at radius 1 is 1.12 bits per heavy atom. The topological polar surface area (TPSA) is 38.3 Å². The monoisotopic (exact) mass is 359 g/mol. The van der Waals surface area contributed by atoms with Crippen molar-refractivity contribution < 1.29 is 9.53 Å². The van der Waals surface area contributed by atoms with Crippen molar-refractivity contribution >= 4 is 5.91 Å². The van der Waals surface area contributed by atoms with E-state index < -0.39 is 0 Å². The van der Waals surface area contributed by atoms with Crippen LogP contribution in [0.5, 0.6) is 5.75 Å². The highest BCUT2D eigenvalue weighted by molar-refractivity contribution is 5.86. The second-order valence-corrected chi connectivity index (χ2v) is 8.24. The summed E-state index contributed by atoms with van der Waals surface area (Å²) in [6.07, 6.45) is 5.27. The average molecular weight is 360 g/mol. The first-order valence-electron chi connectivity index (χ1n) is 9.86. The van der Waals surface area contributed by atoms with Gasteiger partial charge in [-0.3, -0.25) is 4.79 Å². The van der Waals surface area contributed by atoms with E-state index in [-0.39, 0.29) is 16.7 Å². The molecule has 3 heteroatoms. The van der Waals surface area contributed by atoms with Crippen LogP contribution < -0.4 is 10.1 Å². The number of hydrogen-bond donors (Lipinski definition) is 1. The SMILES string of the molecule is C=CC(=O)NCCCCOc1ccc(C(C)(C)CC)cc1C(C)(C)CC. The predicted octanol–water partition coefficient (Wildman–Crippen LogP) is 5.52. The van der Waals surface area contributed by atoms with Crippen LogP contribution in [0.25, 0.3) is 0 Å². The first-order chi connectivity index (χ1) is 12.2. The molecule has 3 nitrogen and oxygen atoms in total. The van der Waals surface area contributed by atoms with Crippen LogP contribution in [-0.4, -0.2) is 19.1 Å². The van der Waals surface area contributed by atoms with E-state index in [2.05, 4.69) is 71.6 Å². The van der Waals surface area contributed by atoms with Crippen LogP contribution in [0, 0.1) is 0 Å². The van der Waals surface area contributed by atoms with E-state index in [1.54, 1.807) is 0 Å². The van der Waals surface area contributed by atoms with Gasteiger partial charge in [0, 0.05) is 12.1 Å². The van der Waals surface area contributed by atoms with Crippen molar-refractivity contribution in [3.05, 3.63) is 42.0 Å². The molecule has 0 unspecified atom stereocenters. The molecule has 0 radical (unpaired) electrons. The van der Waals surface area contributed by atoms with Crippen molar-refractivity contribution in [1.82, 2.24) is 5.32 Å². The van der Waals surface area contributed by atoms with Gasteiger partial charge < -0.3 is 10.1 Å². The summed E-state index contributed by atoms with van der Waals surface area (Å²) in [5, 5.41) is 2.79. The molecule has 1 N–H and O–H groups in total. The molecule has 0 aromatic heterocycles. The molecular formula is C23H37NO2. The fraction of sp³-hybridized carbons (Fsp3) is 0.609. The summed E-state index contributed by atoms with van der Waals surface area (Å²) in [6, 6.07) is 6.68. The van der Waals surface area contributed by atoms with Gasteiger partial charge in [-0.2, -0.15) is 0 Å². The number of ether oxygens (including phenoxy) is 1. The molecule has 1 amide bonds. The van der Waals surface area contributed by atoms with Gasteiger partial charge in [0.2, 0.25) is 5.91 Å². The molecule has 0 spiro atoms. The molecule has 0 fully saturated rings. The third-order valence-corrected chi connectivity index (χ3v) is 5.57. The van der Waals surface area contributed by atoms with E-state index in [9.17, 15) is 4.79 Å². The van der Waals surface area contributed by atoms with E-state index in [4.69, 9.17) is 4.74 Å². The summed E-state index contributed by atoms with van der Waals surface area (Å²) in [5.74, 6) is 0.870. The van der Waals surface area contributed by atoms with Crippen LogP contribution in [0.2, 0.25) is 0 Å². The second-order valence-electron chi connectivity index (χ2n) is 8.24. The fourth-order valence-corrected chi connectivity index (χ4v) is 2.69. The lowest BCUT2D eigenvalue weighted by molar-refractivity contribution is -0.116. The maximum atomic E-state index is 11.1. The molecule has 26 heavy (non-hydrogen) atoms. The van der Waals surface area contributed by atoms with Gasteiger partial charge in [0.1, 0.15) is 5.75 Å². The highest BCUT2D eigenvalue weighted by atomic mass is 16.5. The lowest BCUT2D eigenvalue weighted by Gasteiger charge is -2.30. The molecule has 0 aliphatic carbocycles. The van der Waals surface area contributed by atoms with Gasteiger partial charge in [0.05, 0.1) is 6.61 Å². The largest absolute Gasteiger partial charge is 0.493 e. The molecular weight excluding hydrogens is 322 g/mol. The van der Waals surface area contributed by atoms with E-state index in [1.165, 1.54) is 17.2 Å². The Kier molecular flexibility index (Phi) is 8.39. The molecule has 0 heterocycles. The van der Waals surface area contributed by atoms with Crippen molar-refractivity contribution in [3.63, 3.8) is 0 Å². The van der Waals surface area contributed by atoms with Gasteiger partial charge in [-0.15, -0.1) is 0 Å². The Hall–Kier alpha value is -1.77. The first-order valence-corrected chi connectivity index (χ1v) is 9.86. The van der Waals surface area contributed by atoms with E-state index in [0.29, 0.717) is 13.2 Å². The molecule has 0 saturated carbocycles. The van der Waals surface area contributed by atoms with Crippen molar-refractivity contribution in [2.75, 3.05) is 13.2 Å². The fourth-order valence-electron chi connectivity index (χ4n) is 2.69. The molecule has 0 aliphatic rings. The van der Waals surface area contributed by atoms with Crippen LogP contribution in [0.15, 0.2) is 30.9 Å². The van der Waals surface area contributed by atoms with Crippen LogP contribution in [0.3, 0.4) is 0 Å². The van der Waals surface area contributed by atoms with Gasteiger partial charge in [-0.25, -0.2) is 0 Å². The normalized spacial score (nSPS) is 11.9. The zero-order valence-corrected chi connectivity index (χ0v) is 17.6. The zero-order valence-electron chi connectivity index (χ0n) is 17.6. The Morgan fingerprint density at radius 3 is 2.35 bits per heavy atom. The van der Waals surface area contributed by atoms with Crippen molar-refractivity contribution in [1.29, 1.82) is 0 Å². The molecule has 1 aromatic carbocycles. The minimum atomic E-state index is -0.118. The van der Waals surface area contributed by atoms with E-state index >= 15 is 0 Å². The van der Waals surface area contributed by atoms with Gasteiger partial charge in [0.15, 0.2) is 0 Å². The molecule has 1 aromatic rings. The Balaban J connectivity index is 2.81. The van der Waals surface area contributed by atoms with Crippen molar-refractivity contribution in [2.24, 2.45) is 0 Å². The molecule has 146 valence electrons. The van der Waals surface area contributed by atoms with E-state index in [0.717, 1.165) is 31.4 Å². The van der Waals surface area contributed by atoms with Gasteiger partial charge in [0.25, 0.3) is 0 Å². The molecule has 1 rings (SSSR count). The molecule has 0 aliphatic heterocycles. The van der Waals surface area contributed by atoms with E-state index in [1.807, 2.05) is 0 Å². The number of amides is 1. The summed E-state index contributed by atoms with van der Waals surface area (Å²) in [7, 11) is 0. The number of unbranched alkanes of at least 4 members (excludes halogenated alkanes) is 1. The zero-order chi connectivity index (χ0) is 19.8. The summed E-state index contributed by atoms with van der Waals surface area (Å²) in [6.45, 7) is 18.4. The highest BCUT2D eigenvalue weighted by Crippen LogP contribution is 2.38. The van der Waals surface area contributed by atoms with Gasteiger partial charge in [-0.05, 0) is 54.2 Å². The van der Waals surface area contributed by atoms with Crippen LogP contribution in [0.4, 0.5) is 0 Å². The van der Waals surface area contributed by atoms with Crippen LogP contribution in [0.1, 0.15) is 78.4 Å². The number of carbonyl (C=O) groups excluding carboxylic acids is 1. The third-order valence-electron chi connectivity index (χ3n) is 5.57. The number of carbonyl (C=O) groups is 1. The minimum absolute atomic E-state index is 0.0765. The smallest absolute Gasteiger partial charge is 0.243 e.